The van der Waals surface area contributed by atoms with Gasteiger partial charge >= 0.3 is 5.97 Å². The third-order valence-corrected chi connectivity index (χ3v) is 5.41. The molecule has 0 saturated heterocycles. The summed E-state index contributed by atoms with van der Waals surface area (Å²) in [5.74, 6) is -1.19. The van der Waals surface area contributed by atoms with Crippen LogP contribution in [0, 0.1) is 0 Å². The molecule has 3 N–H and O–H groups in total. The fraction of sp³-hybridized carbons (Fsp3) is 0.261. The van der Waals surface area contributed by atoms with Crippen molar-refractivity contribution in [3.8, 4) is 0 Å². The molecule has 1 unspecified atom stereocenters. The lowest BCUT2D eigenvalue weighted by Crippen LogP contribution is -3.10. The topological polar surface area (TPSA) is 86.7 Å². The molecule has 1 aliphatic heterocycles. The van der Waals surface area contributed by atoms with Crippen molar-refractivity contribution < 1.29 is 19.2 Å². The Hall–Kier alpha value is -3.25. The number of carbonyl (C=O) groups is 2. The van der Waals surface area contributed by atoms with Crippen LogP contribution in [-0.4, -0.2) is 29.5 Å². The molecule has 2 aromatic carbocycles. The van der Waals surface area contributed by atoms with E-state index in [-0.39, 0.29) is 0 Å². The van der Waals surface area contributed by atoms with Crippen LogP contribution in [-0.2, 0) is 29.0 Å². The summed E-state index contributed by atoms with van der Waals surface area (Å²) in [6.45, 7) is 3.99. The normalized spacial score (nSPS) is 16.8. The number of rotatable bonds is 5. The van der Waals surface area contributed by atoms with Gasteiger partial charge < -0.3 is 15.4 Å². The number of quaternary nitrogens is 1. The van der Waals surface area contributed by atoms with Crippen LogP contribution >= 0.6 is 0 Å². The predicted octanol–water partition coefficient (Wildman–Crippen LogP) is 1.41. The summed E-state index contributed by atoms with van der Waals surface area (Å²) in [4.78, 5) is 30.6. The van der Waals surface area contributed by atoms with Gasteiger partial charge in [0.2, 0.25) is 0 Å². The van der Waals surface area contributed by atoms with Crippen LogP contribution < -0.4 is 10.6 Å². The fourth-order valence-corrected chi connectivity index (χ4v) is 3.88. The molecule has 1 aromatic heterocycles. The van der Waals surface area contributed by atoms with Gasteiger partial charge in [0.15, 0.2) is 6.10 Å². The molecule has 0 aliphatic carbocycles. The molecule has 1 aliphatic rings. The molecule has 148 valence electrons. The molecular weight excluding hydrogens is 366 g/mol. The van der Waals surface area contributed by atoms with Crippen LogP contribution in [0.5, 0.6) is 0 Å². The van der Waals surface area contributed by atoms with Crippen molar-refractivity contribution in [2.24, 2.45) is 5.73 Å². The highest BCUT2D eigenvalue weighted by Gasteiger charge is 2.30. The zero-order valence-corrected chi connectivity index (χ0v) is 16.4. The number of primary amides is 1. The summed E-state index contributed by atoms with van der Waals surface area (Å²) >= 11 is 0. The van der Waals surface area contributed by atoms with Gasteiger partial charge in [-0.1, -0.05) is 48.5 Å². The van der Waals surface area contributed by atoms with Gasteiger partial charge in [0.25, 0.3) is 5.91 Å². The maximum absolute atomic E-state index is 13.0. The number of hydrogen-bond donors (Lipinski definition) is 2. The van der Waals surface area contributed by atoms with Gasteiger partial charge in [-0.2, -0.15) is 0 Å². The molecule has 0 fully saturated rings. The number of nitrogens with two attached hydrogens (primary N) is 1. The largest absolute Gasteiger partial charge is 0.449 e. The number of aromatic nitrogens is 1. The smallest absolute Gasteiger partial charge is 0.340 e. The highest BCUT2D eigenvalue weighted by molar-refractivity contribution is 6.05. The number of amides is 1. The van der Waals surface area contributed by atoms with Gasteiger partial charge in [0, 0.05) is 22.9 Å². The molecule has 4 rings (SSSR count). The second kappa shape index (κ2) is 8.01. The number of benzene rings is 2. The van der Waals surface area contributed by atoms with Crippen LogP contribution in [0.25, 0.3) is 10.9 Å². The third-order valence-electron chi connectivity index (χ3n) is 5.41. The summed E-state index contributed by atoms with van der Waals surface area (Å²) in [5, 5.41) is 0.744. The Balaban J connectivity index is 1.72. The van der Waals surface area contributed by atoms with Crippen LogP contribution in [0.2, 0.25) is 0 Å². The van der Waals surface area contributed by atoms with E-state index in [4.69, 9.17) is 15.5 Å². The van der Waals surface area contributed by atoms with E-state index in [1.807, 2.05) is 42.5 Å². The summed E-state index contributed by atoms with van der Waals surface area (Å²) in [5.41, 5.74) is 9.64. The van der Waals surface area contributed by atoms with Crippen molar-refractivity contribution in [2.75, 3.05) is 6.54 Å². The van der Waals surface area contributed by atoms with Crippen molar-refractivity contribution in [2.45, 2.75) is 32.5 Å². The number of nitrogens with zero attached hydrogens (tertiary/aromatic N) is 1. The molecule has 6 nitrogen and oxygen atoms in total. The minimum atomic E-state index is -0.985. The second-order valence-corrected chi connectivity index (χ2v) is 7.47. The molecule has 0 radical (unpaired) electrons. The highest BCUT2D eigenvalue weighted by atomic mass is 16.5. The van der Waals surface area contributed by atoms with E-state index < -0.39 is 18.0 Å². The number of nitrogens with one attached hydrogen (secondary N) is 1. The summed E-state index contributed by atoms with van der Waals surface area (Å²) in [6, 6.07) is 17.9. The lowest BCUT2D eigenvalue weighted by atomic mass is 9.95. The van der Waals surface area contributed by atoms with E-state index >= 15 is 0 Å². The van der Waals surface area contributed by atoms with Gasteiger partial charge in [-0.15, -0.1) is 0 Å². The first kappa shape index (κ1) is 19.1. The SMILES string of the molecule is C[C@@H](OC(=O)c1c2c(nc3ccccc13)CC[NH+](Cc1ccccc1)C2)C(N)=O. The van der Waals surface area contributed by atoms with Crippen molar-refractivity contribution in [3.63, 3.8) is 0 Å². The Morgan fingerprint density at radius 2 is 1.86 bits per heavy atom. The van der Waals surface area contributed by atoms with E-state index in [0.717, 1.165) is 41.7 Å². The number of pyridine rings is 1. The van der Waals surface area contributed by atoms with Gasteiger partial charge in [-0.3, -0.25) is 9.78 Å². The molecular formula is C23H24N3O3+. The molecule has 2 heterocycles. The maximum atomic E-state index is 13.0. The van der Waals surface area contributed by atoms with Crippen LogP contribution in [0.1, 0.15) is 34.1 Å². The first-order chi connectivity index (χ1) is 14.0. The lowest BCUT2D eigenvalue weighted by Gasteiger charge is -2.27. The summed E-state index contributed by atoms with van der Waals surface area (Å²) < 4.78 is 5.38. The number of hydrogen-bond acceptors (Lipinski definition) is 4. The maximum Gasteiger partial charge on any atom is 0.340 e. The van der Waals surface area contributed by atoms with Gasteiger partial charge in [0.05, 0.1) is 23.3 Å². The second-order valence-electron chi connectivity index (χ2n) is 7.47. The lowest BCUT2D eigenvalue weighted by molar-refractivity contribution is -0.929. The average Bonchev–Trinajstić information content (AvgIpc) is 2.72. The number of para-hydroxylation sites is 1. The fourth-order valence-electron chi connectivity index (χ4n) is 3.88. The molecule has 0 saturated carbocycles. The molecule has 3 aromatic rings. The van der Waals surface area contributed by atoms with E-state index in [1.165, 1.54) is 17.4 Å². The predicted molar refractivity (Wildman–Crippen MR) is 109 cm³/mol. The van der Waals surface area contributed by atoms with E-state index in [9.17, 15) is 9.59 Å². The average molecular weight is 390 g/mol. The minimum absolute atomic E-state index is 0.504. The zero-order valence-electron chi connectivity index (χ0n) is 16.4. The minimum Gasteiger partial charge on any atom is -0.449 e. The van der Waals surface area contributed by atoms with E-state index in [1.54, 1.807) is 0 Å². The molecule has 2 atom stereocenters. The standard InChI is InChI=1S/C23H23N3O3/c1-15(22(24)27)29-23(28)21-17-9-5-6-10-19(17)25-20-11-12-26(14-18(20)21)13-16-7-3-2-4-8-16/h2-10,15H,11-14H2,1H3,(H2,24,27)/p+1/t15-/m1/s1. The van der Waals surface area contributed by atoms with Crippen molar-refractivity contribution in [1.29, 1.82) is 0 Å². The number of fused-ring (bicyclic) bond motifs is 2. The molecule has 29 heavy (non-hydrogen) atoms. The van der Waals surface area contributed by atoms with Crippen molar-refractivity contribution >= 4 is 22.8 Å². The molecule has 0 bridgehead atoms. The van der Waals surface area contributed by atoms with Crippen LogP contribution in [0.15, 0.2) is 54.6 Å². The van der Waals surface area contributed by atoms with E-state index in [0.29, 0.717) is 12.1 Å². The summed E-state index contributed by atoms with van der Waals surface area (Å²) in [7, 11) is 0. The van der Waals surface area contributed by atoms with E-state index in [2.05, 4.69) is 12.1 Å². The number of carbonyl (C=O) groups excluding carboxylic acids is 2. The Morgan fingerprint density at radius 1 is 1.14 bits per heavy atom. The first-order valence-corrected chi connectivity index (χ1v) is 9.81. The number of esters is 1. The monoisotopic (exact) mass is 390 g/mol. The Labute approximate surface area is 169 Å². The molecule has 1 amide bonds. The molecule has 0 spiro atoms. The van der Waals surface area contributed by atoms with Crippen molar-refractivity contribution in [3.05, 3.63) is 77.0 Å². The van der Waals surface area contributed by atoms with Gasteiger partial charge in [-0.05, 0) is 13.0 Å². The van der Waals surface area contributed by atoms with Crippen molar-refractivity contribution in [1.82, 2.24) is 4.98 Å². The third kappa shape index (κ3) is 3.98. The van der Waals surface area contributed by atoms with Gasteiger partial charge in [0.1, 0.15) is 13.1 Å². The van der Waals surface area contributed by atoms with Crippen LogP contribution in [0.3, 0.4) is 0 Å². The highest BCUT2D eigenvalue weighted by Crippen LogP contribution is 2.26. The molecule has 6 heteroatoms. The van der Waals surface area contributed by atoms with Crippen LogP contribution in [0.4, 0.5) is 0 Å². The Morgan fingerprint density at radius 3 is 2.62 bits per heavy atom. The quantitative estimate of drug-likeness (QED) is 0.645. The Bertz CT molecular complexity index is 1070. The Kier molecular flexibility index (Phi) is 5.27. The van der Waals surface area contributed by atoms with Gasteiger partial charge in [-0.25, -0.2) is 4.79 Å². The summed E-state index contributed by atoms with van der Waals surface area (Å²) in [6.07, 6.45) is -0.199. The first-order valence-electron chi connectivity index (χ1n) is 9.81. The zero-order chi connectivity index (χ0) is 20.4. The number of ether oxygens (including phenoxy) is 1.